The molecule has 0 saturated heterocycles. The van der Waals surface area contributed by atoms with E-state index < -0.39 is 5.97 Å². The zero-order chi connectivity index (χ0) is 13.3. The summed E-state index contributed by atoms with van der Waals surface area (Å²) in [5, 5.41) is 0.996. The van der Waals surface area contributed by atoms with E-state index in [0.717, 1.165) is 0 Å². The largest absolute Gasteiger partial charge is 0.464 e. The van der Waals surface area contributed by atoms with Gasteiger partial charge in [0.15, 0.2) is 9.61 Å². The van der Waals surface area contributed by atoms with Crippen LogP contribution in [-0.4, -0.2) is 18.1 Å². The Morgan fingerprint density at radius 3 is 2.78 bits per heavy atom. The molecular formula is C11H6BrCl2NO2S. The highest BCUT2D eigenvalue weighted by Gasteiger charge is 2.21. The van der Waals surface area contributed by atoms with Crippen molar-refractivity contribution in [3.63, 3.8) is 0 Å². The van der Waals surface area contributed by atoms with Gasteiger partial charge < -0.3 is 4.74 Å². The van der Waals surface area contributed by atoms with Crippen LogP contribution in [0.3, 0.4) is 0 Å². The maximum atomic E-state index is 11.6. The Hall–Kier alpha value is -0.620. The van der Waals surface area contributed by atoms with E-state index in [1.54, 1.807) is 18.2 Å². The van der Waals surface area contributed by atoms with E-state index in [4.69, 9.17) is 27.9 Å². The van der Waals surface area contributed by atoms with Crippen LogP contribution >= 0.6 is 50.5 Å². The normalized spacial score (nSPS) is 10.4. The maximum Gasteiger partial charge on any atom is 0.358 e. The van der Waals surface area contributed by atoms with Crippen LogP contribution < -0.4 is 0 Å². The van der Waals surface area contributed by atoms with E-state index in [1.807, 2.05) is 0 Å². The summed E-state index contributed by atoms with van der Waals surface area (Å²) in [7, 11) is 1.31. The number of hydrogen-bond donors (Lipinski definition) is 0. The first-order chi connectivity index (χ1) is 8.52. The molecule has 7 heteroatoms. The fourth-order valence-corrected chi connectivity index (χ4v) is 3.43. The molecule has 1 heterocycles. The molecule has 0 aliphatic carbocycles. The number of rotatable bonds is 2. The van der Waals surface area contributed by atoms with E-state index in [2.05, 4.69) is 20.9 Å². The highest BCUT2D eigenvalue weighted by molar-refractivity contribution is 9.11. The van der Waals surface area contributed by atoms with Crippen molar-refractivity contribution in [1.82, 2.24) is 4.98 Å². The SMILES string of the molecule is COC(=O)c1nc(Br)sc1-c1ccc(Cl)cc1Cl. The van der Waals surface area contributed by atoms with Gasteiger partial charge in [-0.15, -0.1) is 11.3 Å². The summed E-state index contributed by atoms with van der Waals surface area (Å²) in [5.41, 5.74) is 0.934. The van der Waals surface area contributed by atoms with E-state index >= 15 is 0 Å². The van der Waals surface area contributed by atoms with E-state index in [1.165, 1.54) is 18.4 Å². The molecule has 0 N–H and O–H groups in total. The average Bonchev–Trinajstić information content (AvgIpc) is 2.70. The summed E-state index contributed by atoms with van der Waals surface area (Å²) in [6, 6.07) is 5.07. The first-order valence-electron chi connectivity index (χ1n) is 4.73. The van der Waals surface area contributed by atoms with Crippen molar-refractivity contribution < 1.29 is 9.53 Å². The molecule has 0 bridgehead atoms. The molecule has 0 fully saturated rings. The third kappa shape index (κ3) is 2.69. The summed E-state index contributed by atoms with van der Waals surface area (Å²) in [5.74, 6) is -0.502. The lowest BCUT2D eigenvalue weighted by Gasteiger charge is -2.03. The van der Waals surface area contributed by atoms with Crippen molar-refractivity contribution in [1.29, 1.82) is 0 Å². The van der Waals surface area contributed by atoms with Crippen LogP contribution in [0.4, 0.5) is 0 Å². The highest BCUT2D eigenvalue weighted by Crippen LogP contribution is 2.38. The summed E-state index contributed by atoms with van der Waals surface area (Å²) in [6.45, 7) is 0. The predicted molar refractivity (Wildman–Crippen MR) is 76.6 cm³/mol. The fourth-order valence-electron chi connectivity index (χ4n) is 1.39. The molecule has 0 amide bonds. The van der Waals surface area contributed by atoms with Crippen molar-refractivity contribution in [2.75, 3.05) is 7.11 Å². The molecule has 94 valence electrons. The summed E-state index contributed by atoms with van der Waals surface area (Å²) >= 11 is 16.5. The van der Waals surface area contributed by atoms with Gasteiger partial charge in [0.25, 0.3) is 0 Å². The average molecular weight is 367 g/mol. The Kier molecular flexibility index (Phi) is 4.27. The van der Waals surface area contributed by atoms with Crippen LogP contribution in [0.25, 0.3) is 10.4 Å². The molecule has 18 heavy (non-hydrogen) atoms. The van der Waals surface area contributed by atoms with Gasteiger partial charge in [0.05, 0.1) is 17.0 Å². The Labute approximate surface area is 126 Å². The molecule has 0 aliphatic heterocycles. The third-order valence-corrected chi connectivity index (χ3v) is 4.24. The molecule has 0 spiro atoms. The number of carbonyl (C=O) groups excluding carboxylic acids is 1. The lowest BCUT2D eigenvalue weighted by molar-refractivity contribution is 0.0595. The van der Waals surface area contributed by atoms with Crippen LogP contribution in [-0.2, 0) is 4.74 Å². The molecule has 0 atom stereocenters. The zero-order valence-electron chi connectivity index (χ0n) is 9.04. The Balaban J connectivity index is 2.60. The number of aromatic nitrogens is 1. The molecular weight excluding hydrogens is 361 g/mol. The maximum absolute atomic E-state index is 11.6. The van der Waals surface area contributed by atoms with Crippen LogP contribution in [0.5, 0.6) is 0 Å². The van der Waals surface area contributed by atoms with Crippen LogP contribution in [0.15, 0.2) is 22.1 Å². The van der Waals surface area contributed by atoms with Gasteiger partial charge in [0.1, 0.15) is 0 Å². The molecule has 3 nitrogen and oxygen atoms in total. The second kappa shape index (κ2) is 5.57. The minimum Gasteiger partial charge on any atom is -0.464 e. The summed E-state index contributed by atoms with van der Waals surface area (Å²) in [6.07, 6.45) is 0. The first kappa shape index (κ1) is 13.8. The number of esters is 1. The molecule has 2 aromatic rings. The van der Waals surface area contributed by atoms with Crippen molar-refractivity contribution in [2.24, 2.45) is 0 Å². The lowest BCUT2D eigenvalue weighted by atomic mass is 10.1. The summed E-state index contributed by atoms with van der Waals surface area (Å²) in [4.78, 5) is 16.4. The second-order valence-electron chi connectivity index (χ2n) is 3.26. The van der Waals surface area contributed by atoms with Crippen molar-refractivity contribution >= 4 is 56.4 Å². The number of hydrogen-bond acceptors (Lipinski definition) is 4. The Morgan fingerprint density at radius 1 is 1.44 bits per heavy atom. The molecule has 0 saturated carbocycles. The second-order valence-corrected chi connectivity index (χ2v) is 6.38. The van der Waals surface area contributed by atoms with Crippen molar-refractivity contribution in [3.8, 4) is 10.4 Å². The number of nitrogens with zero attached hydrogens (tertiary/aromatic N) is 1. The van der Waals surface area contributed by atoms with Gasteiger partial charge in [-0.05, 0) is 28.1 Å². The molecule has 1 aromatic carbocycles. The molecule has 2 rings (SSSR count). The van der Waals surface area contributed by atoms with Gasteiger partial charge in [0, 0.05) is 10.6 Å². The zero-order valence-corrected chi connectivity index (χ0v) is 13.0. The predicted octanol–water partition coefficient (Wildman–Crippen LogP) is 4.67. The summed E-state index contributed by atoms with van der Waals surface area (Å²) < 4.78 is 5.28. The van der Waals surface area contributed by atoms with Gasteiger partial charge in [-0.2, -0.15) is 0 Å². The molecule has 1 aromatic heterocycles. The van der Waals surface area contributed by atoms with Crippen molar-refractivity contribution in [2.45, 2.75) is 0 Å². The number of thiazole rings is 1. The number of benzene rings is 1. The van der Waals surface area contributed by atoms with Crippen LogP contribution in [0.1, 0.15) is 10.5 Å². The van der Waals surface area contributed by atoms with Crippen LogP contribution in [0.2, 0.25) is 10.0 Å². The first-order valence-corrected chi connectivity index (χ1v) is 7.09. The monoisotopic (exact) mass is 365 g/mol. The standard InChI is InChI=1S/C11H6BrCl2NO2S/c1-17-10(16)8-9(18-11(12)15-8)6-3-2-5(13)4-7(6)14/h2-4H,1H3. The fraction of sp³-hybridized carbons (Fsp3) is 0.0909. The van der Waals surface area contributed by atoms with Gasteiger partial charge in [0.2, 0.25) is 0 Å². The molecule has 0 aliphatic rings. The molecule has 0 unspecified atom stereocenters. The molecule has 0 radical (unpaired) electrons. The minimum absolute atomic E-state index is 0.235. The lowest BCUT2D eigenvalue weighted by Crippen LogP contribution is -2.03. The Morgan fingerprint density at radius 2 is 2.17 bits per heavy atom. The van der Waals surface area contributed by atoms with Gasteiger partial charge in [-0.25, -0.2) is 9.78 Å². The topological polar surface area (TPSA) is 39.2 Å². The van der Waals surface area contributed by atoms with E-state index in [9.17, 15) is 4.79 Å². The van der Waals surface area contributed by atoms with Crippen LogP contribution in [0, 0.1) is 0 Å². The van der Waals surface area contributed by atoms with Crippen molar-refractivity contribution in [3.05, 3.63) is 37.9 Å². The third-order valence-electron chi connectivity index (χ3n) is 2.16. The van der Waals surface area contributed by atoms with Gasteiger partial charge in [-0.1, -0.05) is 29.3 Å². The smallest absolute Gasteiger partial charge is 0.358 e. The van der Waals surface area contributed by atoms with E-state index in [0.29, 0.717) is 24.4 Å². The van der Waals surface area contributed by atoms with Gasteiger partial charge >= 0.3 is 5.97 Å². The van der Waals surface area contributed by atoms with E-state index in [-0.39, 0.29) is 5.69 Å². The van der Waals surface area contributed by atoms with Gasteiger partial charge in [-0.3, -0.25) is 0 Å². The highest BCUT2D eigenvalue weighted by atomic mass is 79.9. The number of carbonyl (C=O) groups is 1. The quantitative estimate of drug-likeness (QED) is 0.725. The minimum atomic E-state index is -0.502. The number of ether oxygens (including phenoxy) is 1. The Bertz CT molecular complexity index is 615. The number of halogens is 3. The number of methoxy groups -OCH3 is 1.